The summed E-state index contributed by atoms with van der Waals surface area (Å²) in [6, 6.07) is 18.4. The van der Waals surface area contributed by atoms with Crippen LogP contribution in [0.25, 0.3) is 38.1 Å². The zero-order valence-electron chi connectivity index (χ0n) is 30.7. The van der Waals surface area contributed by atoms with Crippen molar-refractivity contribution >= 4 is 60.7 Å². The summed E-state index contributed by atoms with van der Waals surface area (Å²) in [6.45, 7) is 11.3. The largest absolute Gasteiger partial charge is 0.476 e. The zero-order valence-corrected chi connectivity index (χ0v) is 31.6. The topological polar surface area (TPSA) is 176 Å². The maximum atomic E-state index is 13.4. The Kier molecular flexibility index (Phi) is 9.08. The first kappa shape index (κ1) is 36.1. The van der Waals surface area contributed by atoms with Gasteiger partial charge in [0.15, 0.2) is 10.8 Å². The summed E-state index contributed by atoms with van der Waals surface area (Å²) in [5.41, 5.74) is 9.37. The maximum absolute atomic E-state index is 13.4. The number of pyridine rings is 1. The average molecular weight is 732 g/mol. The molecule has 4 unspecified atom stereocenters. The molecule has 2 fully saturated rings. The predicted molar refractivity (Wildman–Crippen MR) is 212 cm³/mol. The number of nitrogens with two attached hydrogens (primary N) is 1. The predicted octanol–water partition coefficient (Wildman–Crippen LogP) is 9.46. The van der Waals surface area contributed by atoms with Crippen LogP contribution in [0, 0.1) is 21.2 Å². The monoisotopic (exact) mass is 731 g/mol. The summed E-state index contributed by atoms with van der Waals surface area (Å²) in [5.74, 6) is -1.53. The van der Waals surface area contributed by atoms with Crippen molar-refractivity contribution in [1.29, 1.82) is 0 Å². The van der Waals surface area contributed by atoms with E-state index in [1.807, 2.05) is 43.3 Å². The van der Waals surface area contributed by atoms with Crippen LogP contribution in [0.5, 0.6) is 0 Å². The third-order valence-electron chi connectivity index (χ3n) is 11.4. The Bertz CT molecular complexity index is 2310. The number of nitrogens with zero attached hydrogens (tertiary/aromatic N) is 4. The number of aromatic amines is 1. The molecule has 11 nitrogen and oxygen atoms in total. The van der Waals surface area contributed by atoms with Gasteiger partial charge in [0, 0.05) is 35.0 Å². The third-order valence-corrected chi connectivity index (χ3v) is 12.3. The molecule has 1 amide bonds. The molecule has 0 spiro atoms. The number of aliphatic imine (C=N–C) groups is 1. The molecule has 0 radical (unpaired) electrons. The number of fused-ring (bicyclic) bond motifs is 4. The second-order valence-electron chi connectivity index (χ2n) is 16.3. The summed E-state index contributed by atoms with van der Waals surface area (Å²) in [4.78, 5) is 55.9. The number of hydrogen-bond acceptors (Lipinski definition) is 9. The van der Waals surface area contributed by atoms with Gasteiger partial charge < -0.3 is 15.8 Å². The molecule has 0 saturated heterocycles. The molecule has 2 bridgehead atoms. The summed E-state index contributed by atoms with van der Waals surface area (Å²) in [7, 11) is 0. The molecule has 3 aromatic heterocycles. The number of hydrogen-bond donors (Lipinski definition) is 4. The minimum absolute atomic E-state index is 0.0142. The Morgan fingerprint density at radius 1 is 0.981 bits per heavy atom. The van der Waals surface area contributed by atoms with E-state index in [-0.39, 0.29) is 27.8 Å². The zero-order chi connectivity index (χ0) is 37.8. The number of aromatic carboxylic acids is 1. The number of anilines is 1. The van der Waals surface area contributed by atoms with E-state index in [1.165, 1.54) is 17.5 Å². The molecular formula is C41H45N7O4S. The number of thiazole rings is 1. The first-order chi connectivity index (χ1) is 25.2. The number of nitroso groups, excluding NO2 is 1. The maximum Gasteiger partial charge on any atom is 0.355 e. The van der Waals surface area contributed by atoms with Crippen LogP contribution in [0.2, 0.25) is 0 Å². The van der Waals surface area contributed by atoms with E-state index in [1.54, 1.807) is 24.3 Å². The summed E-state index contributed by atoms with van der Waals surface area (Å²) in [5, 5.41) is 18.3. The molecule has 2 aliphatic carbocycles. The van der Waals surface area contributed by atoms with Crippen molar-refractivity contribution in [2.45, 2.75) is 78.7 Å². The van der Waals surface area contributed by atoms with Crippen molar-refractivity contribution in [1.82, 2.24) is 15.0 Å². The minimum Gasteiger partial charge on any atom is -0.476 e. The van der Waals surface area contributed by atoms with Gasteiger partial charge in [0.05, 0.1) is 32.7 Å². The van der Waals surface area contributed by atoms with Crippen LogP contribution in [0.3, 0.4) is 0 Å². The standard InChI is InChI=1S/C41H45N7O4S/c1-6-38(3)18-39(4)19-40(5,22-41(20-38,21-39)48-52)23-43-24(2)28(17-42)26-14-15-29(44-34(26)36(50)51)31-16-25-10-9-11-27(33(25)45-31)35(49)47-37-46-30-12-7-8-13-32(30)53-37/h7-17,45H,6,18-23,42H2,1-5H3,(H,50,51)(H,46,47,49). The van der Waals surface area contributed by atoms with E-state index in [0.29, 0.717) is 57.4 Å². The Morgan fingerprint density at radius 3 is 2.45 bits per heavy atom. The number of para-hydroxylation sites is 2. The fourth-order valence-electron chi connectivity index (χ4n) is 9.77. The lowest BCUT2D eigenvalue weighted by molar-refractivity contribution is -0.0659. The van der Waals surface area contributed by atoms with Crippen LogP contribution in [-0.2, 0) is 0 Å². The van der Waals surface area contributed by atoms with Gasteiger partial charge in [-0.25, -0.2) is 14.8 Å². The molecule has 12 heteroatoms. The number of carboxylic acid groups (broad SMARTS) is 1. The van der Waals surface area contributed by atoms with Crippen LogP contribution in [-0.4, -0.2) is 49.7 Å². The number of rotatable bonds is 10. The van der Waals surface area contributed by atoms with Crippen LogP contribution in [0.1, 0.15) is 99.6 Å². The van der Waals surface area contributed by atoms with Crippen LogP contribution >= 0.6 is 11.3 Å². The highest BCUT2D eigenvalue weighted by atomic mass is 32.1. The van der Waals surface area contributed by atoms with Crippen molar-refractivity contribution in [3.05, 3.63) is 88.6 Å². The molecule has 4 atom stereocenters. The number of aromatic nitrogens is 3. The quantitative estimate of drug-likeness (QED) is 0.0817. The Balaban J connectivity index is 1.14. The average Bonchev–Trinajstić information content (AvgIpc) is 3.74. The lowest BCUT2D eigenvalue weighted by Gasteiger charge is -2.59. The van der Waals surface area contributed by atoms with Crippen molar-refractivity contribution in [2.75, 3.05) is 11.9 Å². The summed E-state index contributed by atoms with van der Waals surface area (Å²) in [6.07, 6.45) is 6.63. The van der Waals surface area contributed by atoms with Gasteiger partial charge in [-0.2, -0.15) is 4.91 Å². The van der Waals surface area contributed by atoms with Crippen LogP contribution in [0.15, 0.2) is 77.0 Å². The number of benzene rings is 2. The molecule has 5 N–H and O–H groups in total. The fraction of sp³-hybridized carbons (Fsp3) is 0.390. The lowest BCUT2D eigenvalue weighted by atomic mass is 9.46. The Labute approximate surface area is 312 Å². The van der Waals surface area contributed by atoms with Gasteiger partial charge in [-0.1, -0.05) is 74.9 Å². The number of amides is 1. The van der Waals surface area contributed by atoms with Crippen LogP contribution < -0.4 is 11.1 Å². The highest BCUT2D eigenvalue weighted by Crippen LogP contribution is 2.63. The minimum atomic E-state index is -1.21. The highest BCUT2D eigenvalue weighted by Gasteiger charge is 2.59. The lowest BCUT2D eigenvalue weighted by Crippen LogP contribution is -2.55. The molecule has 5 aromatic rings. The van der Waals surface area contributed by atoms with E-state index in [9.17, 15) is 19.6 Å². The number of carbonyl (C=O) groups is 2. The molecule has 274 valence electrons. The Hall–Kier alpha value is -5.23. The summed E-state index contributed by atoms with van der Waals surface area (Å²) < 4.78 is 0.973. The molecule has 2 aromatic carbocycles. The summed E-state index contributed by atoms with van der Waals surface area (Å²) >= 11 is 1.40. The second-order valence-corrected chi connectivity index (χ2v) is 17.3. The van der Waals surface area contributed by atoms with Gasteiger partial charge in [0.2, 0.25) is 0 Å². The van der Waals surface area contributed by atoms with Gasteiger partial charge in [0.25, 0.3) is 5.91 Å². The van der Waals surface area contributed by atoms with E-state index in [0.717, 1.165) is 47.7 Å². The van der Waals surface area contributed by atoms with Crippen molar-refractivity contribution < 1.29 is 14.7 Å². The van der Waals surface area contributed by atoms with Crippen molar-refractivity contribution in [2.24, 2.45) is 32.1 Å². The van der Waals surface area contributed by atoms with E-state index >= 15 is 0 Å². The van der Waals surface area contributed by atoms with Gasteiger partial charge in [-0.05, 0) is 91.7 Å². The Morgan fingerprint density at radius 2 is 1.74 bits per heavy atom. The highest BCUT2D eigenvalue weighted by molar-refractivity contribution is 7.22. The fourth-order valence-corrected chi connectivity index (χ4v) is 10.6. The van der Waals surface area contributed by atoms with E-state index in [4.69, 9.17) is 10.7 Å². The van der Waals surface area contributed by atoms with Gasteiger partial charge in [-0.15, -0.1) is 0 Å². The molecule has 53 heavy (non-hydrogen) atoms. The molecule has 2 saturated carbocycles. The first-order valence-corrected chi connectivity index (χ1v) is 18.8. The van der Waals surface area contributed by atoms with E-state index in [2.05, 4.69) is 53.1 Å². The van der Waals surface area contributed by atoms with Crippen molar-refractivity contribution in [3.63, 3.8) is 0 Å². The molecule has 7 rings (SSSR count). The molecular weight excluding hydrogens is 687 g/mol. The smallest absolute Gasteiger partial charge is 0.355 e. The first-order valence-electron chi connectivity index (χ1n) is 18.0. The molecule has 3 heterocycles. The molecule has 2 aliphatic rings. The normalized spacial score (nSPS) is 26.1. The number of H-pyrrole nitrogens is 1. The van der Waals surface area contributed by atoms with Gasteiger partial charge >= 0.3 is 5.97 Å². The van der Waals surface area contributed by atoms with Gasteiger partial charge in [0.1, 0.15) is 5.54 Å². The second kappa shape index (κ2) is 13.3. The van der Waals surface area contributed by atoms with E-state index < -0.39 is 11.5 Å². The number of nitrogens with one attached hydrogen (secondary N) is 2. The van der Waals surface area contributed by atoms with Crippen molar-refractivity contribution in [3.8, 4) is 11.4 Å². The number of carbonyl (C=O) groups excluding carboxylic acids is 1. The SMILES string of the molecule is CCC1(C)CC2(C)CC(C)(CN=C(C)C(=CN)c3ccc(-c4cc5cccc(C(=O)Nc6nc7ccccc7s6)c5[nH]4)nc3C(=O)O)CC(N=O)(C1)C2. The van der Waals surface area contributed by atoms with Gasteiger partial charge in [-0.3, -0.25) is 15.1 Å². The number of allylic oxidation sites excluding steroid dienone is 1. The third kappa shape index (κ3) is 6.88. The van der Waals surface area contributed by atoms with Crippen LogP contribution in [0.4, 0.5) is 5.13 Å². The number of carboxylic acids is 1. The molecule has 0 aliphatic heterocycles.